The Labute approximate surface area is 164 Å². The molecular formula is C23H23N3O2. The van der Waals surface area contributed by atoms with Crippen LogP contribution in [0.1, 0.15) is 28.4 Å². The van der Waals surface area contributed by atoms with Crippen LogP contribution < -0.4 is 0 Å². The van der Waals surface area contributed by atoms with E-state index in [1.54, 1.807) is 0 Å². The van der Waals surface area contributed by atoms with Gasteiger partial charge in [0.2, 0.25) is 0 Å². The van der Waals surface area contributed by atoms with E-state index in [4.69, 9.17) is 0 Å². The van der Waals surface area contributed by atoms with Gasteiger partial charge in [-0.15, -0.1) is 0 Å². The van der Waals surface area contributed by atoms with Crippen molar-refractivity contribution in [2.75, 3.05) is 19.6 Å². The highest BCUT2D eigenvalue weighted by Crippen LogP contribution is 2.42. The normalized spacial score (nSPS) is 19.7. The molecule has 0 aliphatic carbocycles. The number of likely N-dealkylation sites (tertiary alicyclic amines) is 1. The molecule has 0 saturated carbocycles. The Balaban J connectivity index is 1.20. The van der Waals surface area contributed by atoms with Crippen molar-refractivity contribution in [3.05, 3.63) is 78.2 Å². The van der Waals surface area contributed by atoms with Crippen LogP contribution in [0.2, 0.25) is 0 Å². The highest BCUT2D eigenvalue weighted by Gasteiger charge is 2.37. The van der Waals surface area contributed by atoms with Crippen LogP contribution in [0.3, 0.4) is 0 Å². The quantitative estimate of drug-likeness (QED) is 0.675. The number of hydrogen-bond acceptors (Lipinski definition) is 4. The lowest BCUT2D eigenvalue weighted by atomic mass is 9.87. The first-order chi connectivity index (χ1) is 13.7. The fourth-order valence-electron chi connectivity index (χ4n) is 4.49. The molecule has 2 unspecified atom stereocenters. The van der Waals surface area contributed by atoms with Crippen LogP contribution in [0.5, 0.6) is 0 Å². The summed E-state index contributed by atoms with van der Waals surface area (Å²) in [4.78, 5) is 18.7. The van der Waals surface area contributed by atoms with Crippen molar-refractivity contribution in [1.82, 2.24) is 14.5 Å². The maximum Gasteiger partial charge on any atom is 0.176 e. The molecule has 0 spiro atoms. The lowest BCUT2D eigenvalue weighted by Crippen LogP contribution is -2.53. The predicted molar refractivity (Wildman–Crippen MR) is 107 cm³/mol. The van der Waals surface area contributed by atoms with Gasteiger partial charge in [0.15, 0.2) is 5.78 Å². The van der Waals surface area contributed by atoms with E-state index in [1.165, 1.54) is 11.1 Å². The SMILES string of the molecule is O=C(CN1CC(C(O)CC2c3ccccc3-c3cncn32)C1)c1ccccc1. The summed E-state index contributed by atoms with van der Waals surface area (Å²) in [6.07, 6.45) is 4.03. The molecule has 1 fully saturated rings. The van der Waals surface area contributed by atoms with Gasteiger partial charge in [0.05, 0.1) is 36.9 Å². The number of fused-ring (bicyclic) bond motifs is 3. The summed E-state index contributed by atoms with van der Waals surface area (Å²) >= 11 is 0. The summed E-state index contributed by atoms with van der Waals surface area (Å²) < 4.78 is 2.17. The van der Waals surface area contributed by atoms with Crippen LogP contribution in [0.4, 0.5) is 0 Å². The summed E-state index contributed by atoms with van der Waals surface area (Å²) in [5.74, 6) is 0.352. The zero-order valence-electron chi connectivity index (χ0n) is 15.6. The fourth-order valence-corrected chi connectivity index (χ4v) is 4.49. The van der Waals surface area contributed by atoms with Gasteiger partial charge < -0.3 is 9.67 Å². The van der Waals surface area contributed by atoms with Gasteiger partial charge in [-0.2, -0.15) is 0 Å². The second kappa shape index (κ2) is 7.00. The van der Waals surface area contributed by atoms with Crippen molar-refractivity contribution in [3.63, 3.8) is 0 Å². The highest BCUT2D eigenvalue weighted by atomic mass is 16.3. The summed E-state index contributed by atoms with van der Waals surface area (Å²) in [7, 11) is 0. The zero-order chi connectivity index (χ0) is 19.1. The molecule has 5 rings (SSSR count). The fraction of sp³-hybridized carbons (Fsp3) is 0.304. The minimum atomic E-state index is -0.394. The number of Topliss-reactive ketones (excluding diaryl/α,β-unsaturated/α-hetero) is 1. The topological polar surface area (TPSA) is 58.4 Å². The van der Waals surface area contributed by atoms with Gasteiger partial charge in [-0.25, -0.2) is 4.98 Å². The number of hydrogen-bond donors (Lipinski definition) is 1. The minimum absolute atomic E-state index is 0.128. The Morgan fingerprint density at radius 3 is 2.68 bits per heavy atom. The number of ketones is 1. The van der Waals surface area contributed by atoms with Crippen LogP contribution in [0.25, 0.3) is 11.3 Å². The third-order valence-electron chi connectivity index (χ3n) is 6.05. The molecule has 3 aromatic rings. The van der Waals surface area contributed by atoms with Crippen molar-refractivity contribution in [2.45, 2.75) is 18.6 Å². The molecule has 0 radical (unpaired) electrons. The van der Waals surface area contributed by atoms with E-state index in [9.17, 15) is 9.90 Å². The summed E-state index contributed by atoms with van der Waals surface area (Å²) in [5.41, 5.74) is 4.34. The molecule has 0 amide bonds. The number of aromatic nitrogens is 2. The Kier molecular flexibility index (Phi) is 4.34. The Morgan fingerprint density at radius 2 is 1.86 bits per heavy atom. The van der Waals surface area contributed by atoms with Crippen LogP contribution >= 0.6 is 0 Å². The van der Waals surface area contributed by atoms with Crippen molar-refractivity contribution in [1.29, 1.82) is 0 Å². The minimum Gasteiger partial charge on any atom is -0.393 e. The number of carbonyl (C=O) groups is 1. The number of nitrogens with zero attached hydrogens (tertiary/aromatic N) is 3. The van der Waals surface area contributed by atoms with E-state index in [1.807, 2.05) is 48.9 Å². The van der Waals surface area contributed by atoms with Gasteiger partial charge in [0, 0.05) is 30.1 Å². The van der Waals surface area contributed by atoms with Crippen LogP contribution in [0.15, 0.2) is 67.1 Å². The molecule has 2 aromatic carbocycles. The molecule has 1 N–H and O–H groups in total. The van der Waals surface area contributed by atoms with E-state index in [0.29, 0.717) is 13.0 Å². The van der Waals surface area contributed by atoms with Crippen LogP contribution in [-0.4, -0.2) is 51.1 Å². The van der Waals surface area contributed by atoms with Crippen molar-refractivity contribution >= 4 is 5.78 Å². The Bertz CT molecular complexity index is 992. The summed E-state index contributed by atoms with van der Waals surface area (Å²) in [6.45, 7) is 1.96. The van der Waals surface area contributed by atoms with E-state index in [-0.39, 0.29) is 17.7 Å². The number of aliphatic hydroxyl groups is 1. The molecule has 142 valence electrons. The number of rotatable bonds is 6. The molecule has 1 aromatic heterocycles. The molecule has 28 heavy (non-hydrogen) atoms. The number of aliphatic hydroxyl groups excluding tert-OH is 1. The van der Waals surface area contributed by atoms with Gasteiger partial charge in [0.25, 0.3) is 0 Å². The second-order valence-electron chi connectivity index (χ2n) is 7.84. The van der Waals surface area contributed by atoms with Gasteiger partial charge >= 0.3 is 0 Å². The molecule has 2 aliphatic heterocycles. The van der Waals surface area contributed by atoms with Gasteiger partial charge in [0.1, 0.15) is 0 Å². The smallest absolute Gasteiger partial charge is 0.176 e. The second-order valence-corrected chi connectivity index (χ2v) is 7.84. The lowest BCUT2D eigenvalue weighted by Gasteiger charge is -2.42. The van der Waals surface area contributed by atoms with E-state index < -0.39 is 6.10 Å². The Hall–Kier alpha value is -2.76. The zero-order valence-corrected chi connectivity index (χ0v) is 15.6. The summed E-state index contributed by atoms with van der Waals surface area (Å²) in [6, 6.07) is 17.9. The Morgan fingerprint density at radius 1 is 1.11 bits per heavy atom. The largest absolute Gasteiger partial charge is 0.393 e. The summed E-state index contributed by atoms with van der Waals surface area (Å²) in [5, 5.41) is 10.8. The number of benzene rings is 2. The molecular weight excluding hydrogens is 350 g/mol. The van der Waals surface area contributed by atoms with Crippen LogP contribution in [-0.2, 0) is 0 Å². The third-order valence-corrected chi connectivity index (χ3v) is 6.05. The average molecular weight is 373 g/mol. The lowest BCUT2D eigenvalue weighted by molar-refractivity contribution is -0.00920. The van der Waals surface area contributed by atoms with Crippen molar-refractivity contribution in [2.24, 2.45) is 5.92 Å². The van der Waals surface area contributed by atoms with Crippen molar-refractivity contribution < 1.29 is 9.90 Å². The average Bonchev–Trinajstić information content (AvgIpc) is 3.28. The van der Waals surface area contributed by atoms with Crippen LogP contribution in [0, 0.1) is 5.92 Å². The first kappa shape index (κ1) is 17.3. The third kappa shape index (κ3) is 2.97. The molecule has 5 heteroatoms. The van der Waals surface area contributed by atoms with Crippen molar-refractivity contribution in [3.8, 4) is 11.3 Å². The van der Waals surface area contributed by atoms with E-state index in [2.05, 4.69) is 32.7 Å². The highest BCUT2D eigenvalue weighted by molar-refractivity contribution is 5.97. The molecule has 5 nitrogen and oxygen atoms in total. The maximum atomic E-state index is 12.3. The standard InChI is InChI=1S/C23H23N3O2/c27-22(17-12-25(13-17)14-23(28)16-6-2-1-3-7-16)10-20-18-8-4-5-9-19(18)21-11-24-15-26(20)21/h1-9,11,15,17,20,22,27H,10,12-14H2. The molecule has 2 aliphatic rings. The first-order valence-corrected chi connectivity index (χ1v) is 9.80. The molecule has 2 atom stereocenters. The van der Waals surface area contributed by atoms with Gasteiger partial charge in [-0.05, 0) is 12.0 Å². The van der Waals surface area contributed by atoms with Gasteiger partial charge in [-0.1, -0.05) is 54.6 Å². The monoisotopic (exact) mass is 373 g/mol. The number of carbonyl (C=O) groups excluding carboxylic acids is 1. The molecule has 3 heterocycles. The van der Waals surface area contributed by atoms with E-state index >= 15 is 0 Å². The van der Waals surface area contributed by atoms with Gasteiger partial charge in [-0.3, -0.25) is 9.69 Å². The number of imidazole rings is 1. The predicted octanol–water partition coefficient (Wildman–Crippen LogP) is 3.02. The first-order valence-electron chi connectivity index (χ1n) is 9.80. The molecule has 0 bridgehead atoms. The van der Waals surface area contributed by atoms with E-state index in [0.717, 1.165) is 24.3 Å². The maximum absolute atomic E-state index is 12.3. The molecule has 1 saturated heterocycles.